The number of carbonyl (C=O) groups is 2. The molecule has 0 aliphatic rings. The summed E-state index contributed by atoms with van der Waals surface area (Å²) in [7, 11) is 0. The molecule has 0 bridgehead atoms. The Labute approximate surface area is 222 Å². The third-order valence-electron chi connectivity index (χ3n) is 5.90. The number of carbonyl (C=O) groups excluding carboxylic acids is 2. The van der Waals surface area contributed by atoms with Gasteiger partial charge in [-0.3, -0.25) is 9.59 Å². The monoisotopic (exact) mass is 565 g/mol. The van der Waals surface area contributed by atoms with Gasteiger partial charge in [-0.05, 0) is 67.4 Å². The highest BCUT2D eigenvalue weighted by Crippen LogP contribution is 2.31. The van der Waals surface area contributed by atoms with Crippen molar-refractivity contribution in [3.63, 3.8) is 0 Å². The number of nitrogens with one attached hydrogen (secondary N) is 1. The quantitative estimate of drug-likeness (QED) is 0.275. The molecule has 12 heteroatoms. The van der Waals surface area contributed by atoms with Crippen LogP contribution in [0.5, 0.6) is 0 Å². The number of hydrogen-bond acceptors (Lipinski definition) is 3. The molecule has 5 nitrogen and oxygen atoms in total. The molecule has 4 aromatic rings. The van der Waals surface area contributed by atoms with E-state index in [0.717, 1.165) is 41.2 Å². The molecule has 0 spiro atoms. The molecular weight excluding hydrogens is 544 g/mol. The fourth-order valence-electron chi connectivity index (χ4n) is 3.90. The van der Waals surface area contributed by atoms with Crippen LogP contribution >= 0.6 is 11.3 Å². The summed E-state index contributed by atoms with van der Waals surface area (Å²) in [6.45, 7) is 3.20. The largest absolute Gasteiger partial charge is 0.416 e. The number of hydrogen-bond donors (Lipinski definition) is 1. The SMILES string of the molecule is Cc1ccc2c(c1)sc(=NC(=O)c1cccc(C(F)(F)F)c1)n2[C@H](C)C(=O)NCc1cccc(C(F)(F)F)c1. The molecule has 0 saturated heterocycles. The molecule has 1 N–H and O–H groups in total. The Morgan fingerprint density at radius 3 is 2.23 bits per heavy atom. The van der Waals surface area contributed by atoms with E-state index < -0.39 is 41.3 Å². The van der Waals surface area contributed by atoms with Crippen LogP contribution in [-0.4, -0.2) is 16.4 Å². The predicted octanol–water partition coefficient (Wildman–Crippen LogP) is 6.67. The van der Waals surface area contributed by atoms with Crippen molar-refractivity contribution in [2.45, 2.75) is 38.8 Å². The van der Waals surface area contributed by atoms with Crippen LogP contribution in [-0.2, 0) is 23.7 Å². The first-order chi connectivity index (χ1) is 18.2. The highest BCUT2D eigenvalue weighted by Gasteiger charge is 2.31. The lowest BCUT2D eigenvalue weighted by Crippen LogP contribution is -2.34. The van der Waals surface area contributed by atoms with Gasteiger partial charge in [-0.2, -0.15) is 31.3 Å². The van der Waals surface area contributed by atoms with Crippen molar-refractivity contribution in [3.05, 3.63) is 99.3 Å². The Bertz CT molecular complexity index is 1620. The Hall–Kier alpha value is -3.93. The molecule has 1 heterocycles. The van der Waals surface area contributed by atoms with Gasteiger partial charge in [0, 0.05) is 12.1 Å². The molecule has 0 radical (unpaired) electrons. The fourth-order valence-corrected chi connectivity index (χ4v) is 5.09. The van der Waals surface area contributed by atoms with Crippen LogP contribution < -0.4 is 10.1 Å². The molecule has 0 saturated carbocycles. The van der Waals surface area contributed by atoms with Crippen LogP contribution in [0.2, 0.25) is 0 Å². The van der Waals surface area contributed by atoms with Crippen LogP contribution in [0.25, 0.3) is 10.2 Å². The molecule has 0 aliphatic heterocycles. The summed E-state index contributed by atoms with van der Waals surface area (Å²) in [5, 5.41) is 2.60. The Balaban J connectivity index is 1.68. The lowest BCUT2D eigenvalue weighted by Gasteiger charge is -2.16. The number of benzene rings is 3. The zero-order chi connectivity index (χ0) is 28.5. The zero-order valence-corrected chi connectivity index (χ0v) is 21.3. The first-order valence-electron chi connectivity index (χ1n) is 11.6. The number of aromatic nitrogens is 1. The number of fused-ring (bicyclic) bond motifs is 1. The summed E-state index contributed by atoms with van der Waals surface area (Å²) in [6.07, 6.45) is -9.17. The zero-order valence-electron chi connectivity index (χ0n) is 20.5. The number of thiazole rings is 1. The minimum atomic E-state index is -4.64. The normalized spacial score (nSPS) is 13.5. The van der Waals surface area contributed by atoms with E-state index in [-0.39, 0.29) is 22.5 Å². The predicted molar refractivity (Wildman–Crippen MR) is 134 cm³/mol. The van der Waals surface area contributed by atoms with Gasteiger partial charge in [0.05, 0.1) is 21.3 Å². The Kier molecular flexibility index (Phi) is 7.69. The van der Waals surface area contributed by atoms with Crippen molar-refractivity contribution in [3.8, 4) is 0 Å². The number of aryl methyl sites for hydroxylation is 1. The Morgan fingerprint density at radius 2 is 1.56 bits per heavy atom. The lowest BCUT2D eigenvalue weighted by molar-refractivity contribution is -0.138. The van der Waals surface area contributed by atoms with E-state index in [1.807, 2.05) is 13.0 Å². The number of amides is 2. The highest BCUT2D eigenvalue weighted by atomic mass is 32.1. The smallest absolute Gasteiger partial charge is 0.350 e. The van der Waals surface area contributed by atoms with Crippen LogP contribution in [0.4, 0.5) is 26.3 Å². The minimum absolute atomic E-state index is 0.0831. The van der Waals surface area contributed by atoms with E-state index in [0.29, 0.717) is 16.3 Å². The second kappa shape index (κ2) is 10.7. The minimum Gasteiger partial charge on any atom is -0.350 e. The van der Waals surface area contributed by atoms with E-state index in [9.17, 15) is 35.9 Å². The molecule has 3 aromatic carbocycles. The van der Waals surface area contributed by atoms with Gasteiger partial charge in [-0.15, -0.1) is 0 Å². The summed E-state index contributed by atoms with van der Waals surface area (Å²) in [5.74, 6) is -1.48. The second-order valence-corrected chi connectivity index (χ2v) is 9.82. The first-order valence-corrected chi connectivity index (χ1v) is 12.4. The number of nitrogens with zero attached hydrogens (tertiary/aromatic N) is 2. The van der Waals surface area contributed by atoms with Gasteiger partial charge in [0.2, 0.25) is 5.91 Å². The van der Waals surface area contributed by atoms with Gasteiger partial charge >= 0.3 is 12.4 Å². The van der Waals surface area contributed by atoms with Crippen molar-refractivity contribution in [2.24, 2.45) is 4.99 Å². The molecule has 39 heavy (non-hydrogen) atoms. The molecule has 2 amide bonds. The summed E-state index contributed by atoms with van der Waals surface area (Å²) < 4.78 is 80.6. The van der Waals surface area contributed by atoms with Crippen LogP contribution in [0.3, 0.4) is 0 Å². The van der Waals surface area contributed by atoms with Crippen molar-refractivity contribution in [2.75, 3.05) is 0 Å². The molecule has 204 valence electrons. The fraction of sp³-hybridized carbons (Fsp3) is 0.222. The summed E-state index contributed by atoms with van der Waals surface area (Å²) in [6, 6.07) is 12.8. The van der Waals surface area contributed by atoms with Gasteiger partial charge in [0.1, 0.15) is 6.04 Å². The van der Waals surface area contributed by atoms with Crippen LogP contribution in [0.1, 0.15) is 45.6 Å². The lowest BCUT2D eigenvalue weighted by atomic mass is 10.1. The van der Waals surface area contributed by atoms with E-state index in [1.54, 1.807) is 12.1 Å². The van der Waals surface area contributed by atoms with E-state index in [2.05, 4.69) is 10.3 Å². The maximum Gasteiger partial charge on any atom is 0.416 e. The average Bonchev–Trinajstić information content (AvgIpc) is 3.22. The average molecular weight is 566 g/mol. The summed E-state index contributed by atoms with van der Waals surface area (Å²) in [5.41, 5.74) is -0.413. The van der Waals surface area contributed by atoms with Crippen molar-refractivity contribution in [1.82, 2.24) is 9.88 Å². The van der Waals surface area contributed by atoms with Crippen molar-refractivity contribution < 1.29 is 35.9 Å². The molecule has 4 rings (SSSR count). The molecule has 0 unspecified atom stereocenters. The van der Waals surface area contributed by atoms with E-state index in [4.69, 9.17) is 0 Å². The topological polar surface area (TPSA) is 63.5 Å². The number of halogens is 6. The van der Waals surface area contributed by atoms with Crippen LogP contribution in [0.15, 0.2) is 71.7 Å². The van der Waals surface area contributed by atoms with E-state index >= 15 is 0 Å². The second-order valence-electron chi connectivity index (χ2n) is 8.81. The van der Waals surface area contributed by atoms with Gasteiger partial charge in [-0.1, -0.05) is 35.6 Å². The van der Waals surface area contributed by atoms with Gasteiger partial charge in [0.15, 0.2) is 4.80 Å². The van der Waals surface area contributed by atoms with Gasteiger partial charge in [0.25, 0.3) is 5.91 Å². The maximum atomic E-state index is 13.1. The van der Waals surface area contributed by atoms with Gasteiger partial charge in [-0.25, -0.2) is 0 Å². The van der Waals surface area contributed by atoms with Crippen molar-refractivity contribution in [1.29, 1.82) is 0 Å². The molecule has 0 fully saturated rings. The summed E-state index contributed by atoms with van der Waals surface area (Å²) in [4.78, 5) is 30.1. The van der Waals surface area contributed by atoms with E-state index in [1.165, 1.54) is 29.7 Å². The van der Waals surface area contributed by atoms with Gasteiger partial charge < -0.3 is 9.88 Å². The van der Waals surface area contributed by atoms with Crippen LogP contribution in [0, 0.1) is 6.92 Å². The molecule has 1 aromatic heterocycles. The highest BCUT2D eigenvalue weighted by molar-refractivity contribution is 7.16. The Morgan fingerprint density at radius 1 is 0.923 bits per heavy atom. The number of alkyl halides is 6. The standard InChI is InChI=1S/C27H21F6N3O2S/c1-15-9-10-21-22(11-15)39-25(35-24(38)18-6-4-8-20(13-18)27(31,32)33)36(21)16(2)23(37)34-14-17-5-3-7-19(12-17)26(28,29)30/h3-13,16H,14H2,1-2H3,(H,34,37)/t16-/m1/s1. The summed E-state index contributed by atoms with van der Waals surface area (Å²) >= 11 is 1.08. The third kappa shape index (κ3) is 6.39. The third-order valence-corrected chi connectivity index (χ3v) is 6.92. The maximum absolute atomic E-state index is 13.1. The molecule has 0 aliphatic carbocycles. The number of rotatable bonds is 5. The molecular formula is C27H21F6N3O2S. The van der Waals surface area contributed by atoms with Crippen molar-refractivity contribution >= 4 is 33.4 Å². The first kappa shape index (κ1) is 28.1. The molecule has 1 atom stereocenters.